The molecule has 1 aromatic carbocycles. The fourth-order valence-electron chi connectivity index (χ4n) is 1.51. The van der Waals surface area contributed by atoms with Crippen LogP contribution in [0, 0.1) is 0 Å². The smallest absolute Gasteiger partial charge is 0.119 e. The molecule has 1 N–H and O–H groups in total. The fraction of sp³-hybridized carbons (Fsp3) is 0.429. The third-order valence-corrected chi connectivity index (χ3v) is 2.34. The van der Waals surface area contributed by atoms with Gasteiger partial charge in [-0.15, -0.1) is 0 Å². The molecule has 0 aromatic heterocycles. The Balaban J connectivity index is 2.78. The maximum Gasteiger partial charge on any atom is 0.119 e. The molecule has 2 nitrogen and oxygen atoms in total. The summed E-state index contributed by atoms with van der Waals surface area (Å²) in [6, 6.07) is 8.69. The summed E-state index contributed by atoms with van der Waals surface area (Å²) in [5.74, 6) is 0.753. The zero-order valence-corrected chi connectivity index (χ0v) is 10.4. The minimum atomic E-state index is 0.480. The predicted molar refractivity (Wildman–Crippen MR) is 69.1 cm³/mol. The lowest BCUT2D eigenvalue weighted by atomic mass is 10.1. The monoisotopic (exact) mass is 219 g/mol. The van der Waals surface area contributed by atoms with Gasteiger partial charge >= 0.3 is 0 Å². The summed E-state index contributed by atoms with van der Waals surface area (Å²) in [4.78, 5) is 0. The molecular weight excluding hydrogens is 198 g/mol. The van der Waals surface area contributed by atoms with Crippen LogP contribution >= 0.6 is 0 Å². The summed E-state index contributed by atoms with van der Waals surface area (Å²) < 4.78 is 5.45. The van der Waals surface area contributed by atoms with E-state index in [0.717, 1.165) is 17.9 Å². The first-order chi connectivity index (χ1) is 7.65. The van der Waals surface area contributed by atoms with Gasteiger partial charge < -0.3 is 10.1 Å². The van der Waals surface area contributed by atoms with Crippen LogP contribution < -0.4 is 5.32 Å². The molecule has 0 saturated carbocycles. The molecule has 1 rings (SSSR count). The molecule has 16 heavy (non-hydrogen) atoms. The lowest BCUT2D eigenvalue weighted by Crippen LogP contribution is -2.22. The Morgan fingerprint density at radius 2 is 2.06 bits per heavy atom. The maximum absolute atomic E-state index is 5.45. The average Bonchev–Trinajstić information content (AvgIpc) is 2.27. The second-order valence-electron chi connectivity index (χ2n) is 4.05. The second-order valence-corrected chi connectivity index (χ2v) is 4.05. The zero-order chi connectivity index (χ0) is 12.0. The number of ether oxygens (including phenoxy) is 1. The van der Waals surface area contributed by atoms with Crippen molar-refractivity contribution in [2.24, 2.45) is 0 Å². The molecule has 0 aliphatic rings. The normalized spacial score (nSPS) is 10.5. The van der Waals surface area contributed by atoms with Crippen molar-refractivity contribution in [3.05, 3.63) is 42.0 Å². The van der Waals surface area contributed by atoms with Crippen LogP contribution in [0.5, 0.6) is 0 Å². The van der Waals surface area contributed by atoms with Crippen LogP contribution in [0.1, 0.15) is 31.9 Å². The Bertz CT molecular complexity index is 344. The van der Waals surface area contributed by atoms with Gasteiger partial charge in [-0.25, -0.2) is 0 Å². The molecule has 0 amide bonds. The maximum atomic E-state index is 5.45. The molecule has 0 unspecified atom stereocenters. The Kier molecular flexibility index (Phi) is 5.06. The SMILES string of the molecule is C=C(OCC)c1ccccc1CNC(C)C. The van der Waals surface area contributed by atoms with Gasteiger partial charge in [0.15, 0.2) is 0 Å². The highest BCUT2D eigenvalue weighted by atomic mass is 16.5. The molecule has 0 bridgehead atoms. The number of nitrogens with one attached hydrogen (secondary N) is 1. The van der Waals surface area contributed by atoms with Crippen molar-refractivity contribution in [2.75, 3.05) is 6.61 Å². The molecule has 0 atom stereocenters. The first kappa shape index (κ1) is 12.8. The van der Waals surface area contributed by atoms with Gasteiger partial charge in [-0.2, -0.15) is 0 Å². The van der Waals surface area contributed by atoms with Gasteiger partial charge in [0, 0.05) is 18.2 Å². The summed E-state index contributed by atoms with van der Waals surface area (Å²) in [5, 5.41) is 3.40. The van der Waals surface area contributed by atoms with Crippen LogP contribution in [0.3, 0.4) is 0 Å². The highest BCUT2D eigenvalue weighted by Gasteiger charge is 2.06. The van der Waals surface area contributed by atoms with Crippen LogP contribution in [0.15, 0.2) is 30.8 Å². The van der Waals surface area contributed by atoms with Crippen LogP contribution in [0.2, 0.25) is 0 Å². The number of hydrogen-bond acceptors (Lipinski definition) is 2. The van der Waals surface area contributed by atoms with E-state index in [-0.39, 0.29) is 0 Å². The van der Waals surface area contributed by atoms with Gasteiger partial charge in [0.05, 0.1) is 6.61 Å². The van der Waals surface area contributed by atoms with Gasteiger partial charge in [0.2, 0.25) is 0 Å². The minimum absolute atomic E-state index is 0.480. The standard InChI is InChI=1S/C14H21NO/c1-5-16-12(4)14-9-7-6-8-13(14)10-15-11(2)3/h6-9,11,15H,4-5,10H2,1-3H3. The van der Waals surface area contributed by atoms with Gasteiger partial charge in [-0.3, -0.25) is 0 Å². The zero-order valence-electron chi connectivity index (χ0n) is 10.4. The highest BCUT2D eigenvalue weighted by molar-refractivity contribution is 5.60. The molecule has 0 heterocycles. The number of rotatable bonds is 6. The van der Waals surface area contributed by atoms with E-state index < -0.39 is 0 Å². The molecule has 0 aliphatic carbocycles. The molecule has 1 aromatic rings. The van der Waals surface area contributed by atoms with Gasteiger partial charge in [0.25, 0.3) is 0 Å². The first-order valence-electron chi connectivity index (χ1n) is 5.78. The third-order valence-electron chi connectivity index (χ3n) is 2.34. The van der Waals surface area contributed by atoms with E-state index in [0.29, 0.717) is 12.6 Å². The molecule has 0 radical (unpaired) electrons. The Labute approximate surface area is 98.3 Å². The van der Waals surface area contributed by atoms with Crippen LogP contribution in [-0.2, 0) is 11.3 Å². The van der Waals surface area contributed by atoms with Crippen molar-refractivity contribution in [1.29, 1.82) is 0 Å². The summed E-state index contributed by atoms with van der Waals surface area (Å²) in [6.45, 7) is 11.7. The van der Waals surface area contributed by atoms with Gasteiger partial charge in [0.1, 0.15) is 5.76 Å². The van der Waals surface area contributed by atoms with E-state index in [9.17, 15) is 0 Å². The molecule has 2 heteroatoms. The lowest BCUT2D eigenvalue weighted by Gasteiger charge is -2.14. The van der Waals surface area contributed by atoms with E-state index in [1.54, 1.807) is 0 Å². The summed E-state index contributed by atoms with van der Waals surface area (Å²) in [7, 11) is 0. The van der Waals surface area contributed by atoms with E-state index in [1.807, 2.05) is 19.1 Å². The minimum Gasteiger partial charge on any atom is -0.494 e. The van der Waals surface area contributed by atoms with Crippen molar-refractivity contribution in [3.8, 4) is 0 Å². The van der Waals surface area contributed by atoms with E-state index in [1.165, 1.54) is 5.56 Å². The topological polar surface area (TPSA) is 21.3 Å². The Hall–Kier alpha value is -1.28. The van der Waals surface area contributed by atoms with Gasteiger partial charge in [-0.05, 0) is 12.5 Å². The average molecular weight is 219 g/mol. The second kappa shape index (κ2) is 6.33. The molecule has 0 aliphatic heterocycles. The molecule has 0 fully saturated rings. The Morgan fingerprint density at radius 3 is 2.69 bits per heavy atom. The number of hydrogen-bond donors (Lipinski definition) is 1. The fourth-order valence-corrected chi connectivity index (χ4v) is 1.51. The van der Waals surface area contributed by atoms with E-state index in [2.05, 4.69) is 37.9 Å². The van der Waals surface area contributed by atoms with Crippen molar-refractivity contribution in [3.63, 3.8) is 0 Å². The van der Waals surface area contributed by atoms with Crippen molar-refractivity contribution < 1.29 is 4.74 Å². The summed E-state index contributed by atoms with van der Waals surface area (Å²) in [6.07, 6.45) is 0. The summed E-state index contributed by atoms with van der Waals surface area (Å²) in [5.41, 5.74) is 2.33. The van der Waals surface area contributed by atoms with Crippen molar-refractivity contribution in [1.82, 2.24) is 5.32 Å². The third kappa shape index (κ3) is 3.70. The molecule has 0 saturated heterocycles. The van der Waals surface area contributed by atoms with Gasteiger partial charge in [-0.1, -0.05) is 44.7 Å². The molecule has 0 spiro atoms. The molecular formula is C14H21NO. The van der Waals surface area contributed by atoms with Crippen LogP contribution in [0.4, 0.5) is 0 Å². The van der Waals surface area contributed by atoms with Crippen molar-refractivity contribution >= 4 is 5.76 Å². The van der Waals surface area contributed by atoms with E-state index >= 15 is 0 Å². The highest BCUT2D eigenvalue weighted by Crippen LogP contribution is 2.18. The largest absolute Gasteiger partial charge is 0.494 e. The van der Waals surface area contributed by atoms with Crippen LogP contribution in [-0.4, -0.2) is 12.6 Å². The van der Waals surface area contributed by atoms with Crippen LogP contribution in [0.25, 0.3) is 5.76 Å². The quantitative estimate of drug-likeness (QED) is 0.742. The van der Waals surface area contributed by atoms with E-state index in [4.69, 9.17) is 4.74 Å². The predicted octanol–water partition coefficient (Wildman–Crippen LogP) is 3.19. The number of benzene rings is 1. The lowest BCUT2D eigenvalue weighted by molar-refractivity contribution is 0.298. The first-order valence-corrected chi connectivity index (χ1v) is 5.78. The Morgan fingerprint density at radius 1 is 1.38 bits per heavy atom. The van der Waals surface area contributed by atoms with Crippen molar-refractivity contribution in [2.45, 2.75) is 33.4 Å². The molecule has 88 valence electrons. The summed E-state index contributed by atoms with van der Waals surface area (Å²) >= 11 is 0.